The molecule has 3 N–H and O–H groups in total. The summed E-state index contributed by atoms with van der Waals surface area (Å²) in [6.07, 6.45) is 0. The second kappa shape index (κ2) is 8.79. The molecule has 138 valence electrons. The quantitative estimate of drug-likeness (QED) is 0.584. The lowest BCUT2D eigenvalue weighted by Crippen LogP contribution is -2.23. The van der Waals surface area contributed by atoms with Crippen LogP contribution in [0.4, 0.5) is 0 Å². The molecule has 0 fully saturated rings. The van der Waals surface area contributed by atoms with E-state index in [1.165, 1.54) is 11.8 Å². The van der Waals surface area contributed by atoms with Gasteiger partial charge in [-0.3, -0.25) is 9.59 Å². The molecule has 27 heavy (non-hydrogen) atoms. The average molecular weight is 401 g/mol. The van der Waals surface area contributed by atoms with Crippen molar-refractivity contribution in [2.45, 2.75) is 11.4 Å². The summed E-state index contributed by atoms with van der Waals surface area (Å²) in [5.41, 5.74) is 6.58. The van der Waals surface area contributed by atoms with Gasteiger partial charge in [0.1, 0.15) is 11.5 Å². The summed E-state index contributed by atoms with van der Waals surface area (Å²) in [6.45, 7) is 0.251. The Bertz CT molecular complexity index is 954. The Morgan fingerprint density at radius 1 is 1.04 bits per heavy atom. The van der Waals surface area contributed by atoms with Gasteiger partial charge in [0, 0.05) is 15.5 Å². The molecule has 0 aliphatic carbocycles. The lowest BCUT2D eigenvalue weighted by molar-refractivity contribution is -0.115. The van der Waals surface area contributed by atoms with Gasteiger partial charge in [-0.15, -0.1) is 11.8 Å². The van der Waals surface area contributed by atoms with Crippen molar-refractivity contribution in [2.24, 2.45) is 5.73 Å². The van der Waals surface area contributed by atoms with E-state index in [0.717, 1.165) is 5.56 Å². The molecule has 5 nitrogen and oxygen atoms in total. The topological polar surface area (TPSA) is 85.3 Å². The second-order valence-electron chi connectivity index (χ2n) is 5.71. The highest BCUT2D eigenvalue weighted by Gasteiger charge is 2.13. The first-order chi connectivity index (χ1) is 13.0. The monoisotopic (exact) mass is 400 g/mol. The van der Waals surface area contributed by atoms with E-state index < -0.39 is 5.91 Å². The van der Waals surface area contributed by atoms with Crippen LogP contribution in [0, 0.1) is 0 Å². The van der Waals surface area contributed by atoms with Crippen molar-refractivity contribution in [3.63, 3.8) is 0 Å². The van der Waals surface area contributed by atoms with E-state index in [2.05, 4.69) is 5.32 Å². The molecule has 0 saturated carbocycles. The zero-order chi connectivity index (χ0) is 19.2. The van der Waals surface area contributed by atoms with Crippen LogP contribution in [0.15, 0.2) is 70.0 Å². The lowest BCUT2D eigenvalue weighted by atomic mass is 10.2. The summed E-state index contributed by atoms with van der Waals surface area (Å²) < 4.78 is 5.78. The Kier molecular flexibility index (Phi) is 6.21. The van der Waals surface area contributed by atoms with Crippen molar-refractivity contribution >= 4 is 35.2 Å². The number of nitrogens with one attached hydrogen (secondary N) is 1. The first-order valence-electron chi connectivity index (χ1n) is 8.16. The SMILES string of the molecule is NC(=O)CSc1ccccc1C(=O)NCc1ccc(-c2ccc(Cl)cc2)o1. The number of thioether (sulfide) groups is 1. The molecule has 0 atom stereocenters. The smallest absolute Gasteiger partial charge is 0.252 e. The van der Waals surface area contributed by atoms with Gasteiger partial charge >= 0.3 is 0 Å². The molecule has 0 aliphatic heterocycles. The molecular weight excluding hydrogens is 384 g/mol. The number of hydrogen-bond donors (Lipinski definition) is 2. The molecule has 0 saturated heterocycles. The summed E-state index contributed by atoms with van der Waals surface area (Å²) in [7, 11) is 0. The van der Waals surface area contributed by atoms with Crippen molar-refractivity contribution in [3.8, 4) is 11.3 Å². The van der Waals surface area contributed by atoms with Crippen molar-refractivity contribution in [1.82, 2.24) is 5.32 Å². The number of furan rings is 1. The van der Waals surface area contributed by atoms with Crippen LogP contribution in [0.5, 0.6) is 0 Å². The number of primary amides is 1. The second-order valence-corrected chi connectivity index (χ2v) is 7.16. The highest BCUT2D eigenvalue weighted by molar-refractivity contribution is 8.00. The first-order valence-corrected chi connectivity index (χ1v) is 9.52. The van der Waals surface area contributed by atoms with E-state index in [9.17, 15) is 9.59 Å². The first kappa shape index (κ1) is 19.1. The van der Waals surface area contributed by atoms with Gasteiger partial charge in [0.25, 0.3) is 5.91 Å². The highest BCUT2D eigenvalue weighted by atomic mass is 35.5. The number of carbonyl (C=O) groups excluding carboxylic acids is 2. The van der Waals surface area contributed by atoms with Crippen LogP contribution >= 0.6 is 23.4 Å². The Balaban J connectivity index is 1.65. The Morgan fingerprint density at radius 3 is 2.52 bits per heavy atom. The third-order valence-electron chi connectivity index (χ3n) is 3.72. The summed E-state index contributed by atoms with van der Waals surface area (Å²) in [5, 5.41) is 3.49. The molecule has 2 aromatic carbocycles. The maximum absolute atomic E-state index is 12.5. The predicted octanol–water partition coefficient (Wildman–Crippen LogP) is 4.11. The minimum absolute atomic E-state index is 0.118. The minimum atomic E-state index is -0.430. The van der Waals surface area contributed by atoms with Crippen LogP contribution in [0.3, 0.4) is 0 Å². The number of rotatable bonds is 7. The summed E-state index contributed by atoms with van der Waals surface area (Å²) in [6, 6.07) is 18.1. The number of carbonyl (C=O) groups is 2. The molecule has 3 rings (SSSR count). The molecule has 0 aliphatic rings. The Labute approximate surface area is 165 Å². The predicted molar refractivity (Wildman–Crippen MR) is 107 cm³/mol. The maximum atomic E-state index is 12.5. The van der Waals surface area contributed by atoms with Gasteiger partial charge in [-0.1, -0.05) is 23.7 Å². The number of halogens is 1. The van der Waals surface area contributed by atoms with Crippen LogP contribution < -0.4 is 11.1 Å². The number of nitrogens with two attached hydrogens (primary N) is 1. The van der Waals surface area contributed by atoms with Crippen molar-refractivity contribution in [3.05, 3.63) is 77.0 Å². The van der Waals surface area contributed by atoms with Crippen LogP contribution in [-0.4, -0.2) is 17.6 Å². The van der Waals surface area contributed by atoms with E-state index in [0.29, 0.717) is 27.0 Å². The molecule has 0 bridgehead atoms. The fourth-order valence-electron chi connectivity index (χ4n) is 2.43. The Morgan fingerprint density at radius 2 is 1.78 bits per heavy atom. The summed E-state index contributed by atoms with van der Waals surface area (Å²) in [5.74, 6) is 0.781. The van der Waals surface area contributed by atoms with Crippen molar-refractivity contribution < 1.29 is 14.0 Å². The molecule has 0 unspecified atom stereocenters. The molecule has 7 heteroatoms. The lowest BCUT2D eigenvalue weighted by Gasteiger charge is -2.08. The van der Waals surface area contributed by atoms with Gasteiger partial charge in [0.15, 0.2) is 0 Å². The third kappa shape index (κ3) is 5.15. The molecular formula is C20H17ClN2O3S. The molecule has 1 heterocycles. The van der Waals surface area contributed by atoms with E-state index >= 15 is 0 Å². The fraction of sp³-hybridized carbons (Fsp3) is 0.100. The fourth-order valence-corrected chi connectivity index (χ4v) is 3.35. The summed E-state index contributed by atoms with van der Waals surface area (Å²) >= 11 is 7.13. The number of benzene rings is 2. The molecule has 3 aromatic rings. The van der Waals surface area contributed by atoms with Crippen LogP contribution in [0.1, 0.15) is 16.1 Å². The number of hydrogen-bond acceptors (Lipinski definition) is 4. The van der Waals surface area contributed by atoms with E-state index in [1.807, 2.05) is 30.3 Å². The van der Waals surface area contributed by atoms with Crippen LogP contribution in [-0.2, 0) is 11.3 Å². The molecule has 0 radical (unpaired) electrons. The van der Waals surface area contributed by atoms with E-state index in [1.54, 1.807) is 30.3 Å². The van der Waals surface area contributed by atoms with Gasteiger partial charge in [0.05, 0.1) is 17.9 Å². The largest absolute Gasteiger partial charge is 0.459 e. The van der Waals surface area contributed by atoms with Gasteiger partial charge < -0.3 is 15.5 Å². The average Bonchev–Trinajstić information content (AvgIpc) is 3.14. The van der Waals surface area contributed by atoms with Gasteiger partial charge in [-0.05, 0) is 48.5 Å². The minimum Gasteiger partial charge on any atom is -0.459 e. The van der Waals surface area contributed by atoms with Crippen LogP contribution in [0.2, 0.25) is 5.02 Å². The third-order valence-corrected chi connectivity index (χ3v) is 5.06. The zero-order valence-corrected chi connectivity index (χ0v) is 15.8. The van der Waals surface area contributed by atoms with Gasteiger partial charge in [-0.25, -0.2) is 0 Å². The van der Waals surface area contributed by atoms with Gasteiger partial charge in [-0.2, -0.15) is 0 Å². The van der Waals surface area contributed by atoms with E-state index in [-0.39, 0.29) is 18.2 Å². The van der Waals surface area contributed by atoms with Crippen molar-refractivity contribution in [2.75, 3.05) is 5.75 Å². The van der Waals surface area contributed by atoms with Crippen molar-refractivity contribution in [1.29, 1.82) is 0 Å². The van der Waals surface area contributed by atoms with Gasteiger partial charge in [0.2, 0.25) is 5.91 Å². The Hall–Kier alpha value is -2.70. The molecule has 1 aromatic heterocycles. The van der Waals surface area contributed by atoms with E-state index in [4.69, 9.17) is 21.8 Å². The standard InChI is InChI=1S/C20H17ClN2O3S/c21-14-7-5-13(6-8-14)17-10-9-15(26-17)11-23-20(25)16-3-1-2-4-18(16)27-12-19(22)24/h1-10H,11-12H2,(H2,22,24)(H,23,25). The molecule has 2 amide bonds. The summed E-state index contributed by atoms with van der Waals surface area (Å²) in [4.78, 5) is 24.2. The number of amides is 2. The maximum Gasteiger partial charge on any atom is 0.252 e. The zero-order valence-electron chi connectivity index (χ0n) is 14.3. The highest BCUT2D eigenvalue weighted by Crippen LogP contribution is 2.25. The molecule has 0 spiro atoms. The van der Waals surface area contributed by atoms with Crippen LogP contribution in [0.25, 0.3) is 11.3 Å². The normalized spacial score (nSPS) is 10.6.